The van der Waals surface area contributed by atoms with Gasteiger partial charge in [-0.05, 0) is 54.3 Å². The Balaban J connectivity index is 1.27. The third-order valence-corrected chi connectivity index (χ3v) is 7.44. The highest BCUT2D eigenvalue weighted by molar-refractivity contribution is 5.92. The molecule has 6 nitrogen and oxygen atoms in total. The molecule has 1 amide bonds. The van der Waals surface area contributed by atoms with Gasteiger partial charge in [0.05, 0.1) is 5.56 Å². The molecule has 2 aromatic carbocycles. The van der Waals surface area contributed by atoms with Crippen molar-refractivity contribution in [3.05, 3.63) is 65.9 Å². The Labute approximate surface area is 195 Å². The van der Waals surface area contributed by atoms with Gasteiger partial charge >= 0.3 is 0 Å². The molecule has 6 heteroatoms. The van der Waals surface area contributed by atoms with Crippen LogP contribution in [0, 0.1) is 11.8 Å². The lowest BCUT2D eigenvalue weighted by Gasteiger charge is -2.50. The number of rotatable bonds is 8. The van der Waals surface area contributed by atoms with Crippen LogP contribution in [0.5, 0.6) is 11.6 Å². The van der Waals surface area contributed by atoms with Crippen molar-refractivity contribution in [2.24, 2.45) is 17.6 Å². The number of benzene rings is 2. The van der Waals surface area contributed by atoms with E-state index in [0.29, 0.717) is 17.5 Å². The summed E-state index contributed by atoms with van der Waals surface area (Å²) in [5.74, 6) is 2.49. The van der Waals surface area contributed by atoms with Gasteiger partial charge in [0.25, 0.3) is 0 Å². The zero-order valence-corrected chi connectivity index (χ0v) is 19.2. The van der Waals surface area contributed by atoms with Gasteiger partial charge in [-0.15, -0.1) is 0 Å². The largest absolute Gasteiger partial charge is 0.438 e. The zero-order valence-electron chi connectivity index (χ0n) is 19.2. The molecule has 3 saturated heterocycles. The number of amides is 1. The minimum absolute atomic E-state index is 0.362. The van der Waals surface area contributed by atoms with Crippen LogP contribution in [-0.2, 0) is 6.54 Å². The molecule has 3 aliphatic rings. The Hall–Kier alpha value is -2.96. The number of pyridine rings is 1. The Morgan fingerprint density at radius 3 is 2.73 bits per heavy atom. The van der Waals surface area contributed by atoms with E-state index in [4.69, 9.17) is 10.5 Å². The fourth-order valence-electron chi connectivity index (χ4n) is 5.57. The highest BCUT2D eigenvalue weighted by Crippen LogP contribution is 2.37. The molecule has 3 N–H and O–H groups in total. The number of fused-ring (bicyclic) bond motifs is 4. The molecule has 3 aromatic rings. The summed E-state index contributed by atoms with van der Waals surface area (Å²) in [6, 6.07) is 16.4. The van der Waals surface area contributed by atoms with Crippen LogP contribution in [0.4, 0.5) is 0 Å². The molecule has 0 radical (unpaired) electrons. The van der Waals surface area contributed by atoms with Gasteiger partial charge in [-0.2, -0.15) is 0 Å². The van der Waals surface area contributed by atoms with Crippen LogP contribution in [0.25, 0.3) is 10.8 Å². The van der Waals surface area contributed by atoms with Gasteiger partial charge in [-0.1, -0.05) is 43.7 Å². The van der Waals surface area contributed by atoms with Gasteiger partial charge in [0, 0.05) is 43.3 Å². The number of hydrogen-bond acceptors (Lipinski definition) is 5. The number of piperidine rings is 3. The van der Waals surface area contributed by atoms with Crippen LogP contribution >= 0.6 is 0 Å². The van der Waals surface area contributed by atoms with Crippen molar-refractivity contribution < 1.29 is 9.53 Å². The lowest BCUT2D eigenvalue weighted by Crippen LogP contribution is -2.56. The van der Waals surface area contributed by atoms with Gasteiger partial charge in [0.15, 0.2) is 0 Å². The number of hydrogen-bond donors (Lipinski definition) is 2. The van der Waals surface area contributed by atoms with E-state index in [9.17, 15) is 4.79 Å². The predicted octanol–water partition coefficient (Wildman–Crippen LogP) is 4.34. The molecule has 2 bridgehead atoms. The lowest BCUT2D eigenvalue weighted by atomic mass is 9.74. The monoisotopic (exact) mass is 444 g/mol. The van der Waals surface area contributed by atoms with Crippen molar-refractivity contribution in [1.82, 2.24) is 15.2 Å². The van der Waals surface area contributed by atoms with Crippen molar-refractivity contribution in [2.45, 2.75) is 38.8 Å². The van der Waals surface area contributed by atoms with E-state index in [2.05, 4.69) is 46.4 Å². The molecular formula is C27H32N4O2. The molecular weight excluding hydrogens is 412 g/mol. The highest BCUT2D eigenvalue weighted by Gasteiger charge is 2.38. The lowest BCUT2D eigenvalue weighted by molar-refractivity contribution is 0.000341. The highest BCUT2D eigenvalue weighted by atomic mass is 16.5. The normalized spacial score (nSPS) is 24.2. The number of nitrogens with zero attached hydrogens (tertiary/aromatic N) is 2. The third kappa shape index (κ3) is 4.59. The molecule has 3 fully saturated rings. The zero-order chi connectivity index (χ0) is 22.8. The minimum Gasteiger partial charge on any atom is -0.438 e. The van der Waals surface area contributed by atoms with E-state index in [1.165, 1.54) is 49.5 Å². The molecule has 0 aliphatic carbocycles. The second-order valence-electron chi connectivity index (χ2n) is 9.35. The fourth-order valence-corrected chi connectivity index (χ4v) is 5.57. The van der Waals surface area contributed by atoms with Crippen LogP contribution in [0.3, 0.4) is 0 Å². The maximum absolute atomic E-state index is 11.3. The molecule has 1 aromatic heterocycles. The van der Waals surface area contributed by atoms with Crippen LogP contribution in [0.2, 0.25) is 0 Å². The first-order valence-corrected chi connectivity index (χ1v) is 12.0. The molecule has 0 spiro atoms. The molecule has 0 saturated carbocycles. The topological polar surface area (TPSA) is 80.5 Å². The first-order chi connectivity index (χ1) is 16.1. The second kappa shape index (κ2) is 9.49. The van der Waals surface area contributed by atoms with Crippen LogP contribution < -0.4 is 15.8 Å². The average Bonchev–Trinajstić information content (AvgIpc) is 2.86. The fraction of sp³-hybridized carbons (Fsp3) is 0.407. The van der Waals surface area contributed by atoms with Crippen LogP contribution in [-0.4, -0.2) is 41.5 Å². The standard InChI is InChI=1S/C27H32N4O2/c1-2-18-17-31-12-11-19(18)13-22(31)16-29-14-20-7-9-25(24-6-4-3-5-23(20)24)33-26-10-8-21(15-30-26)27(28)32/h3-10,15,18-19,22,29H,2,11-14,16-17H2,1H3,(H2,28,32)/t18-,19?,22+/m0/s1. The Morgan fingerprint density at radius 1 is 1.18 bits per heavy atom. The number of nitrogens with one attached hydrogen (secondary N) is 1. The van der Waals surface area contributed by atoms with E-state index in [1.807, 2.05) is 12.1 Å². The number of aromatic nitrogens is 1. The Morgan fingerprint density at radius 2 is 2.03 bits per heavy atom. The summed E-state index contributed by atoms with van der Waals surface area (Å²) in [5.41, 5.74) is 6.92. The average molecular weight is 445 g/mol. The molecule has 2 unspecified atom stereocenters. The molecule has 33 heavy (non-hydrogen) atoms. The van der Waals surface area contributed by atoms with E-state index in [0.717, 1.165) is 36.1 Å². The van der Waals surface area contributed by atoms with Gasteiger partial charge in [-0.25, -0.2) is 4.98 Å². The number of carbonyl (C=O) groups is 1. The molecule has 6 rings (SSSR count). The van der Waals surface area contributed by atoms with Crippen LogP contribution in [0.15, 0.2) is 54.7 Å². The predicted molar refractivity (Wildman–Crippen MR) is 130 cm³/mol. The number of carbonyl (C=O) groups excluding carboxylic acids is 1. The quantitative estimate of drug-likeness (QED) is 0.540. The molecule has 3 aliphatic heterocycles. The van der Waals surface area contributed by atoms with Crippen molar-refractivity contribution in [2.75, 3.05) is 19.6 Å². The first-order valence-electron chi connectivity index (χ1n) is 12.0. The third-order valence-electron chi connectivity index (χ3n) is 7.44. The van der Waals surface area contributed by atoms with E-state index in [-0.39, 0.29) is 0 Å². The Bertz CT molecular complexity index is 1130. The first kappa shape index (κ1) is 21.9. The maximum Gasteiger partial charge on any atom is 0.250 e. The van der Waals surface area contributed by atoms with E-state index < -0.39 is 5.91 Å². The Kier molecular flexibility index (Phi) is 6.29. The SMILES string of the molecule is CC[C@H]1CN2CCC1C[C@@H]2CNCc1ccc(Oc2ccc(C(N)=O)cn2)c2ccccc12. The molecule has 4 heterocycles. The van der Waals surface area contributed by atoms with Crippen molar-refractivity contribution in [3.8, 4) is 11.6 Å². The van der Waals surface area contributed by atoms with Crippen molar-refractivity contribution in [1.29, 1.82) is 0 Å². The second-order valence-corrected chi connectivity index (χ2v) is 9.35. The smallest absolute Gasteiger partial charge is 0.250 e. The summed E-state index contributed by atoms with van der Waals surface area (Å²) in [6.45, 7) is 6.74. The summed E-state index contributed by atoms with van der Waals surface area (Å²) in [6.07, 6.45) is 5.46. The van der Waals surface area contributed by atoms with Crippen molar-refractivity contribution in [3.63, 3.8) is 0 Å². The van der Waals surface area contributed by atoms with Crippen LogP contribution in [0.1, 0.15) is 42.1 Å². The number of ether oxygens (including phenoxy) is 1. The van der Waals surface area contributed by atoms with Gasteiger partial charge in [0.1, 0.15) is 5.75 Å². The molecule has 4 atom stereocenters. The summed E-state index contributed by atoms with van der Waals surface area (Å²) < 4.78 is 6.04. The number of nitrogens with two attached hydrogens (primary N) is 1. The van der Waals surface area contributed by atoms with Crippen molar-refractivity contribution >= 4 is 16.7 Å². The van der Waals surface area contributed by atoms with Gasteiger partial charge in [0.2, 0.25) is 11.8 Å². The summed E-state index contributed by atoms with van der Waals surface area (Å²) in [4.78, 5) is 18.2. The number of primary amides is 1. The van der Waals surface area contributed by atoms with E-state index in [1.54, 1.807) is 12.1 Å². The maximum atomic E-state index is 11.3. The van der Waals surface area contributed by atoms with E-state index >= 15 is 0 Å². The minimum atomic E-state index is -0.501. The summed E-state index contributed by atoms with van der Waals surface area (Å²) in [5, 5.41) is 5.95. The summed E-state index contributed by atoms with van der Waals surface area (Å²) in [7, 11) is 0. The van der Waals surface area contributed by atoms with Gasteiger partial charge < -0.3 is 15.8 Å². The summed E-state index contributed by atoms with van der Waals surface area (Å²) >= 11 is 0. The van der Waals surface area contributed by atoms with Gasteiger partial charge in [-0.3, -0.25) is 9.69 Å². The molecule has 172 valence electrons.